The van der Waals surface area contributed by atoms with Gasteiger partial charge in [-0.2, -0.15) is 5.10 Å². The van der Waals surface area contributed by atoms with Gasteiger partial charge in [-0.1, -0.05) is 0 Å². The maximum atomic E-state index is 13.5. The summed E-state index contributed by atoms with van der Waals surface area (Å²) in [5.41, 5.74) is -0.460. The minimum atomic E-state index is -0.460. The minimum Gasteiger partial charge on any atom is -0.340 e. The molecule has 23 heavy (non-hydrogen) atoms. The highest BCUT2D eigenvalue weighted by Gasteiger charge is 2.46. The summed E-state index contributed by atoms with van der Waals surface area (Å²) in [6.07, 6.45) is 10.6. The molecule has 0 bridgehead atoms. The Labute approximate surface area is 144 Å². The van der Waals surface area contributed by atoms with Gasteiger partial charge in [0.2, 0.25) is 0 Å². The molecule has 1 saturated heterocycles. The maximum absolute atomic E-state index is 13.5. The number of piperidine rings is 1. The van der Waals surface area contributed by atoms with Crippen LogP contribution in [-0.2, 0) is 10.3 Å². The molecule has 0 aromatic carbocycles. The first-order valence-electron chi connectivity index (χ1n) is 8.78. The van der Waals surface area contributed by atoms with Gasteiger partial charge in [0, 0.05) is 25.5 Å². The van der Waals surface area contributed by atoms with E-state index in [1.807, 2.05) is 16.9 Å². The molecule has 2 saturated carbocycles. The van der Waals surface area contributed by atoms with E-state index in [1.165, 1.54) is 25.7 Å². The second-order valence-electron chi connectivity index (χ2n) is 7.33. The van der Waals surface area contributed by atoms with Crippen LogP contribution >= 0.6 is 12.4 Å². The van der Waals surface area contributed by atoms with E-state index in [2.05, 4.69) is 15.3 Å². The average molecular weight is 339 g/mol. The first kappa shape index (κ1) is 16.8. The van der Waals surface area contributed by atoms with Crippen molar-refractivity contribution in [1.29, 1.82) is 0 Å². The highest BCUT2D eigenvalue weighted by Crippen LogP contribution is 2.37. The fourth-order valence-electron chi connectivity index (χ4n) is 3.66. The summed E-state index contributed by atoms with van der Waals surface area (Å²) in [5.74, 6) is 1.81. The van der Waals surface area contributed by atoms with Gasteiger partial charge < -0.3 is 10.2 Å². The Kier molecular flexibility index (Phi) is 4.97. The first-order valence-corrected chi connectivity index (χ1v) is 8.78. The normalized spacial score (nSPS) is 23.1. The topological polar surface area (TPSA) is 50.2 Å². The lowest BCUT2D eigenvalue weighted by atomic mass is 9.86. The number of nitrogens with one attached hydrogen (secondary N) is 1. The third kappa shape index (κ3) is 3.56. The number of amides is 1. The van der Waals surface area contributed by atoms with Gasteiger partial charge in [0.1, 0.15) is 5.54 Å². The van der Waals surface area contributed by atoms with Crippen LogP contribution in [0, 0.1) is 11.8 Å². The molecule has 3 aliphatic rings. The zero-order valence-corrected chi connectivity index (χ0v) is 14.4. The third-order valence-corrected chi connectivity index (χ3v) is 5.41. The number of carbonyl (C=O) groups excluding carboxylic acids is 1. The molecule has 1 N–H and O–H groups in total. The number of aromatic nitrogens is 2. The predicted molar refractivity (Wildman–Crippen MR) is 91.6 cm³/mol. The van der Waals surface area contributed by atoms with Gasteiger partial charge in [-0.25, -0.2) is 0 Å². The standard InChI is InChI=1S/C17H26N4O.ClH/c22-16(20(12-14-2-3-14)13-15-4-5-15)17(6-9-18-10-7-17)21-11-1-8-19-21;/h1,8,11,14-15,18H,2-7,9-10,12-13H2;1H. The van der Waals surface area contributed by atoms with Gasteiger partial charge in [0.15, 0.2) is 0 Å². The summed E-state index contributed by atoms with van der Waals surface area (Å²) in [6, 6.07) is 1.93. The first-order chi connectivity index (χ1) is 10.8. The number of rotatable bonds is 6. The quantitative estimate of drug-likeness (QED) is 0.863. The number of hydrogen-bond donors (Lipinski definition) is 1. The van der Waals surface area contributed by atoms with E-state index >= 15 is 0 Å². The molecule has 1 aromatic heterocycles. The molecule has 2 aliphatic carbocycles. The van der Waals surface area contributed by atoms with E-state index in [1.54, 1.807) is 6.20 Å². The van der Waals surface area contributed by atoms with Gasteiger partial charge in [-0.3, -0.25) is 9.48 Å². The van der Waals surface area contributed by atoms with E-state index in [4.69, 9.17) is 0 Å². The lowest BCUT2D eigenvalue weighted by Gasteiger charge is -2.40. The van der Waals surface area contributed by atoms with Crippen LogP contribution in [0.2, 0.25) is 0 Å². The lowest BCUT2D eigenvalue weighted by Crippen LogP contribution is -2.56. The Morgan fingerprint density at radius 3 is 2.26 bits per heavy atom. The van der Waals surface area contributed by atoms with Gasteiger partial charge in [0.05, 0.1) is 0 Å². The van der Waals surface area contributed by atoms with Crippen LogP contribution in [0.5, 0.6) is 0 Å². The average Bonchev–Trinajstić information content (AvgIpc) is 3.48. The molecule has 1 aliphatic heterocycles. The molecule has 4 rings (SSSR count). The van der Waals surface area contributed by atoms with Crippen molar-refractivity contribution in [2.75, 3.05) is 26.2 Å². The SMILES string of the molecule is Cl.O=C(N(CC1CC1)CC1CC1)C1(n2cccn2)CCNCC1. The minimum absolute atomic E-state index is 0. The Morgan fingerprint density at radius 1 is 1.17 bits per heavy atom. The Hall–Kier alpha value is -1.07. The Balaban J connectivity index is 0.00000156. The molecule has 0 unspecified atom stereocenters. The second-order valence-corrected chi connectivity index (χ2v) is 7.33. The third-order valence-electron chi connectivity index (χ3n) is 5.41. The van der Waals surface area contributed by atoms with E-state index in [-0.39, 0.29) is 12.4 Å². The molecule has 0 radical (unpaired) electrons. The molecule has 5 nitrogen and oxygen atoms in total. The molecule has 1 aromatic rings. The summed E-state index contributed by atoms with van der Waals surface area (Å²) in [4.78, 5) is 15.7. The molecule has 2 heterocycles. The fourth-order valence-corrected chi connectivity index (χ4v) is 3.66. The predicted octanol–water partition coefficient (Wildman–Crippen LogP) is 2.03. The monoisotopic (exact) mass is 338 g/mol. The van der Waals surface area contributed by atoms with Crippen LogP contribution < -0.4 is 5.32 Å². The van der Waals surface area contributed by atoms with Crippen molar-refractivity contribution in [3.05, 3.63) is 18.5 Å². The molecule has 0 atom stereocenters. The fraction of sp³-hybridized carbons (Fsp3) is 0.765. The summed E-state index contributed by atoms with van der Waals surface area (Å²) in [6.45, 7) is 3.72. The van der Waals surface area contributed by atoms with Crippen molar-refractivity contribution in [2.24, 2.45) is 11.8 Å². The number of nitrogens with zero attached hydrogens (tertiary/aromatic N) is 3. The molecule has 6 heteroatoms. The van der Waals surface area contributed by atoms with Crippen LogP contribution in [0.1, 0.15) is 38.5 Å². The van der Waals surface area contributed by atoms with Crippen LogP contribution in [0.25, 0.3) is 0 Å². The highest BCUT2D eigenvalue weighted by atomic mass is 35.5. The number of halogens is 1. The lowest BCUT2D eigenvalue weighted by molar-refractivity contribution is -0.143. The molecular weight excluding hydrogens is 312 g/mol. The van der Waals surface area contributed by atoms with Gasteiger partial charge >= 0.3 is 0 Å². The van der Waals surface area contributed by atoms with E-state index in [0.29, 0.717) is 5.91 Å². The summed E-state index contributed by atoms with van der Waals surface area (Å²) in [5, 5.41) is 7.84. The molecule has 1 amide bonds. The Morgan fingerprint density at radius 2 is 1.78 bits per heavy atom. The van der Waals surface area contributed by atoms with Crippen molar-refractivity contribution in [3.63, 3.8) is 0 Å². The summed E-state index contributed by atoms with van der Waals surface area (Å²) < 4.78 is 1.93. The summed E-state index contributed by atoms with van der Waals surface area (Å²) in [7, 11) is 0. The van der Waals surface area contributed by atoms with E-state index < -0.39 is 5.54 Å². The molecule has 128 valence electrons. The number of hydrogen-bond acceptors (Lipinski definition) is 3. The zero-order chi connectivity index (χ0) is 15.0. The highest BCUT2D eigenvalue weighted by molar-refractivity contribution is 5.85. The van der Waals surface area contributed by atoms with Gasteiger partial charge in [-0.15, -0.1) is 12.4 Å². The van der Waals surface area contributed by atoms with Gasteiger partial charge in [0.25, 0.3) is 5.91 Å². The van der Waals surface area contributed by atoms with E-state index in [9.17, 15) is 4.79 Å². The summed E-state index contributed by atoms with van der Waals surface area (Å²) >= 11 is 0. The van der Waals surface area contributed by atoms with Crippen molar-refractivity contribution < 1.29 is 4.79 Å². The maximum Gasteiger partial charge on any atom is 0.250 e. The largest absolute Gasteiger partial charge is 0.340 e. The Bertz CT molecular complexity index is 505. The van der Waals surface area contributed by atoms with E-state index in [0.717, 1.165) is 50.9 Å². The van der Waals surface area contributed by atoms with Crippen LogP contribution in [0.15, 0.2) is 18.5 Å². The van der Waals surface area contributed by atoms with Crippen molar-refractivity contribution >= 4 is 18.3 Å². The molecular formula is C17H27ClN4O. The van der Waals surface area contributed by atoms with Crippen LogP contribution in [0.3, 0.4) is 0 Å². The van der Waals surface area contributed by atoms with Gasteiger partial charge in [-0.05, 0) is 69.5 Å². The van der Waals surface area contributed by atoms with Crippen molar-refractivity contribution in [1.82, 2.24) is 20.0 Å². The van der Waals surface area contributed by atoms with Crippen molar-refractivity contribution in [2.45, 2.75) is 44.1 Å². The zero-order valence-electron chi connectivity index (χ0n) is 13.6. The molecule has 0 spiro atoms. The smallest absolute Gasteiger partial charge is 0.250 e. The second kappa shape index (κ2) is 6.81. The van der Waals surface area contributed by atoms with Crippen molar-refractivity contribution in [3.8, 4) is 0 Å². The van der Waals surface area contributed by atoms with Crippen LogP contribution in [-0.4, -0.2) is 46.8 Å². The van der Waals surface area contributed by atoms with Crippen LogP contribution in [0.4, 0.5) is 0 Å². The molecule has 3 fully saturated rings. The number of carbonyl (C=O) groups is 1.